The summed E-state index contributed by atoms with van der Waals surface area (Å²) in [6.07, 6.45) is 2.15. The van der Waals surface area contributed by atoms with Gasteiger partial charge in [-0.3, -0.25) is 4.79 Å². The molecule has 3 rings (SSSR count). The number of H-pyrrole nitrogens is 1. The predicted octanol–water partition coefficient (Wildman–Crippen LogP) is 1.42. The van der Waals surface area contributed by atoms with Crippen molar-refractivity contribution < 1.29 is 0 Å². The molecule has 0 atom stereocenters. The van der Waals surface area contributed by atoms with Crippen molar-refractivity contribution in [3.63, 3.8) is 0 Å². The van der Waals surface area contributed by atoms with E-state index in [0.717, 1.165) is 11.4 Å². The zero-order valence-electron chi connectivity index (χ0n) is 7.95. The fourth-order valence-corrected chi connectivity index (χ4v) is 1.81. The largest absolute Gasteiger partial charge is 0.349 e. The number of hydrogen-bond acceptors (Lipinski definition) is 3. The number of nitrogens with one attached hydrogen (secondary N) is 2. The van der Waals surface area contributed by atoms with Gasteiger partial charge in [-0.05, 0) is 11.6 Å². The molecule has 1 aromatic heterocycles. The lowest BCUT2D eigenvalue weighted by molar-refractivity contribution is 0.991. The number of anilines is 2. The molecule has 4 heteroatoms. The molecule has 0 aliphatic carbocycles. The first-order chi connectivity index (χ1) is 7.34. The maximum atomic E-state index is 11.5. The normalized spacial score (nSPS) is 12.5. The Kier molecular flexibility index (Phi) is 1.62. The van der Waals surface area contributed by atoms with Crippen molar-refractivity contribution in [2.75, 3.05) is 5.32 Å². The first-order valence-electron chi connectivity index (χ1n) is 4.76. The first-order valence-corrected chi connectivity index (χ1v) is 4.76. The van der Waals surface area contributed by atoms with E-state index in [1.54, 1.807) is 0 Å². The molecule has 2 aromatic rings. The predicted molar refractivity (Wildman–Crippen MR) is 57.4 cm³/mol. The summed E-state index contributed by atoms with van der Waals surface area (Å²) < 4.78 is 0. The van der Waals surface area contributed by atoms with Crippen molar-refractivity contribution in [2.45, 2.75) is 6.42 Å². The minimum absolute atomic E-state index is 0.116. The Labute approximate surface area is 86.0 Å². The Morgan fingerprint density at radius 2 is 2.13 bits per heavy atom. The molecule has 0 radical (unpaired) electrons. The summed E-state index contributed by atoms with van der Waals surface area (Å²) >= 11 is 0. The average Bonchev–Trinajstić information content (AvgIpc) is 2.27. The summed E-state index contributed by atoms with van der Waals surface area (Å²) in [5, 5.41) is 3.10. The van der Waals surface area contributed by atoms with Gasteiger partial charge in [0.1, 0.15) is 5.69 Å². The Bertz CT molecular complexity index is 574. The topological polar surface area (TPSA) is 57.8 Å². The van der Waals surface area contributed by atoms with Crippen LogP contribution in [0.5, 0.6) is 0 Å². The Hall–Kier alpha value is -2.10. The Balaban J connectivity index is 2.19. The molecule has 15 heavy (non-hydrogen) atoms. The van der Waals surface area contributed by atoms with E-state index in [-0.39, 0.29) is 5.56 Å². The van der Waals surface area contributed by atoms with Crippen molar-refractivity contribution >= 4 is 11.4 Å². The molecule has 0 amide bonds. The van der Waals surface area contributed by atoms with Crippen LogP contribution < -0.4 is 10.9 Å². The van der Waals surface area contributed by atoms with Crippen LogP contribution in [0.3, 0.4) is 0 Å². The lowest BCUT2D eigenvalue weighted by Gasteiger charge is -2.18. The number of para-hydroxylation sites is 1. The van der Waals surface area contributed by atoms with E-state index in [0.29, 0.717) is 12.1 Å². The molecule has 1 aromatic carbocycles. The van der Waals surface area contributed by atoms with Crippen molar-refractivity contribution in [1.82, 2.24) is 9.97 Å². The zero-order chi connectivity index (χ0) is 10.3. The van der Waals surface area contributed by atoms with Gasteiger partial charge in [-0.25, -0.2) is 4.98 Å². The van der Waals surface area contributed by atoms with Crippen LogP contribution in [-0.2, 0) is 6.42 Å². The molecule has 0 saturated heterocycles. The van der Waals surface area contributed by atoms with Crippen LogP contribution in [0.15, 0.2) is 35.4 Å². The molecule has 1 aliphatic rings. The minimum atomic E-state index is -0.116. The summed E-state index contributed by atoms with van der Waals surface area (Å²) in [6.45, 7) is 0. The zero-order valence-corrected chi connectivity index (χ0v) is 7.95. The number of benzene rings is 1. The molecular formula is C11H9N3O. The fourth-order valence-electron chi connectivity index (χ4n) is 1.81. The molecule has 2 N–H and O–H groups in total. The van der Waals surface area contributed by atoms with Gasteiger partial charge in [0.05, 0.1) is 12.0 Å². The highest BCUT2D eigenvalue weighted by Crippen LogP contribution is 2.28. The molecular weight excluding hydrogens is 190 g/mol. The van der Waals surface area contributed by atoms with Gasteiger partial charge in [0.25, 0.3) is 5.56 Å². The van der Waals surface area contributed by atoms with Crippen molar-refractivity contribution in [1.29, 1.82) is 0 Å². The molecule has 2 heterocycles. The van der Waals surface area contributed by atoms with Crippen LogP contribution in [0.4, 0.5) is 11.4 Å². The van der Waals surface area contributed by atoms with Crippen molar-refractivity contribution in [2.24, 2.45) is 0 Å². The minimum Gasteiger partial charge on any atom is -0.349 e. The molecule has 1 aliphatic heterocycles. The van der Waals surface area contributed by atoms with Crippen LogP contribution in [0.2, 0.25) is 0 Å². The number of fused-ring (bicyclic) bond motifs is 2. The lowest BCUT2D eigenvalue weighted by atomic mass is 10.0. The summed E-state index contributed by atoms with van der Waals surface area (Å²) in [7, 11) is 0. The highest BCUT2D eigenvalue weighted by atomic mass is 16.1. The number of aromatic nitrogens is 2. The summed E-state index contributed by atoms with van der Waals surface area (Å²) in [5.41, 5.74) is 3.41. The Morgan fingerprint density at radius 3 is 3.07 bits per heavy atom. The highest BCUT2D eigenvalue weighted by Gasteiger charge is 2.17. The quantitative estimate of drug-likeness (QED) is 0.575. The monoisotopic (exact) mass is 199 g/mol. The van der Waals surface area contributed by atoms with Crippen molar-refractivity contribution in [3.05, 3.63) is 52.2 Å². The van der Waals surface area contributed by atoms with Gasteiger partial charge in [0, 0.05) is 12.1 Å². The second kappa shape index (κ2) is 2.95. The molecule has 0 spiro atoms. The average molecular weight is 199 g/mol. The van der Waals surface area contributed by atoms with Gasteiger partial charge >= 0.3 is 0 Å². The van der Waals surface area contributed by atoms with Crippen LogP contribution in [0.25, 0.3) is 0 Å². The third kappa shape index (κ3) is 1.22. The molecule has 0 unspecified atom stereocenters. The Morgan fingerprint density at radius 1 is 1.27 bits per heavy atom. The van der Waals surface area contributed by atoms with Gasteiger partial charge in [-0.1, -0.05) is 18.2 Å². The van der Waals surface area contributed by atoms with Gasteiger partial charge in [0.2, 0.25) is 0 Å². The van der Waals surface area contributed by atoms with Gasteiger partial charge in [0.15, 0.2) is 0 Å². The van der Waals surface area contributed by atoms with Gasteiger partial charge in [-0.15, -0.1) is 0 Å². The van der Waals surface area contributed by atoms with E-state index in [2.05, 4.69) is 15.3 Å². The number of hydrogen-bond donors (Lipinski definition) is 2. The van der Waals surface area contributed by atoms with Crippen LogP contribution in [0.1, 0.15) is 11.3 Å². The standard InChI is InChI=1S/C11H9N3O/c15-11-10-9(12-6-13-11)5-7-3-1-2-4-8(7)14-10/h1-4,6,14H,5H2,(H,12,13,15). The summed E-state index contributed by atoms with van der Waals surface area (Å²) in [4.78, 5) is 18.2. The second-order valence-corrected chi connectivity index (χ2v) is 3.51. The molecule has 0 fully saturated rings. The lowest BCUT2D eigenvalue weighted by Crippen LogP contribution is -2.19. The van der Waals surface area contributed by atoms with Gasteiger partial charge < -0.3 is 10.3 Å². The number of nitrogens with zero attached hydrogens (tertiary/aromatic N) is 1. The summed E-state index contributed by atoms with van der Waals surface area (Å²) in [6, 6.07) is 7.93. The first kappa shape index (κ1) is 8.23. The van der Waals surface area contributed by atoms with E-state index in [1.807, 2.05) is 24.3 Å². The number of rotatable bonds is 0. The summed E-state index contributed by atoms with van der Waals surface area (Å²) in [5.74, 6) is 0. The number of aromatic amines is 1. The fraction of sp³-hybridized carbons (Fsp3) is 0.0909. The SMILES string of the molecule is O=c1[nH]cnc2c1Nc1ccccc1C2. The van der Waals surface area contributed by atoms with E-state index in [4.69, 9.17) is 0 Å². The van der Waals surface area contributed by atoms with Crippen molar-refractivity contribution in [3.8, 4) is 0 Å². The maximum absolute atomic E-state index is 11.5. The molecule has 4 nitrogen and oxygen atoms in total. The smallest absolute Gasteiger partial charge is 0.274 e. The molecule has 0 saturated carbocycles. The van der Waals surface area contributed by atoms with E-state index in [1.165, 1.54) is 11.9 Å². The molecule has 0 bridgehead atoms. The van der Waals surface area contributed by atoms with Crippen LogP contribution >= 0.6 is 0 Å². The molecule has 74 valence electrons. The van der Waals surface area contributed by atoms with Crippen LogP contribution in [0, 0.1) is 0 Å². The van der Waals surface area contributed by atoms with Crippen LogP contribution in [-0.4, -0.2) is 9.97 Å². The van der Waals surface area contributed by atoms with E-state index >= 15 is 0 Å². The van der Waals surface area contributed by atoms with E-state index < -0.39 is 0 Å². The third-order valence-electron chi connectivity index (χ3n) is 2.57. The third-order valence-corrected chi connectivity index (χ3v) is 2.57. The van der Waals surface area contributed by atoms with Gasteiger partial charge in [-0.2, -0.15) is 0 Å². The second-order valence-electron chi connectivity index (χ2n) is 3.51. The highest BCUT2D eigenvalue weighted by molar-refractivity contribution is 5.69. The van der Waals surface area contributed by atoms with E-state index in [9.17, 15) is 4.79 Å². The maximum Gasteiger partial charge on any atom is 0.274 e.